The van der Waals surface area contributed by atoms with Gasteiger partial charge in [-0.05, 0) is 66.9 Å². The van der Waals surface area contributed by atoms with Crippen LogP contribution in [-0.4, -0.2) is 35.0 Å². The van der Waals surface area contributed by atoms with Gasteiger partial charge in [-0.25, -0.2) is 9.97 Å². The van der Waals surface area contributed by atoms with Crippen LogP contribution in [0, 0.1) is 11.8 Å². The summed E-state index contributed by atoms with van der Waals surface area (Å²) in [6, 6.07) is 6.24. The number of piperidine rings is 1. The van der Waals surface area contributed by atoms with Crippen molar-refractivity contribution in [3.8, 4) is 0 Å². The second-order valence-corrected chi connectivity index (χ2v) is 8.98. The van der Waals surface area contributed by atoms with Crippen LogP contribution in [0.15, 0.2) is 61.7 Å². The van der Waals surface area contributed by atoms with Gasteiger partial charge >= 0.3 is 0 Å². The average molecular weight is 442 g/mol. The van der Waals surface area contributed by atoms with Crippen LogP contribution >= 0.6 is 0 Å². The van der Waals surface area contributed by atoms with Crippen LogP contribution in [0.4, 0.5) is 11.6 Å². The largest absolute Gasteiger partial charge is 0.357 e. The van der Waals surface area contributed by atoms with E-state index >= 15 is 0 Å². The number of fused-ring (bicyclic) bond motifs is 1. The zero-order valence-corrected chi connectivity index (χ0v) is 20.1. The number of anilines is 2. The summed E-state index contributed by atoms with van der Waals surface area (Å²) < 4.78 is 0. The second kappa shape index (κ2) is 10.1. The molecule has 0 radical (unpaired) electrons. The Morgan fingerprint density at radius 1 is 1.15 bits per heavy atom. The average Bonchev–Trinajstić information content (AvgIpc) is 2.85. The van der Waals surface area contributed by atoms with E-state index in [0.717, 1.165) is 36.0 Å². The summed E-state index contributed by atoms with van der Waals surface area (Å²) in [4.78, 5) is 13.7. The fourth-order valence-electron chi connectivity index (χ4n) is 4.79. The maximum Gasteiger partial charge on any atom is 0.130 e. The molecular formula is C28H35N5. The topological polar surface area (TPSA) is 44.3 Å². The molecule has 0 bridgehead atoms. The predicted octanol–water partition coefficient (Wildman–Crippen LogP) is 4.36. The highest BCUT2D eigenvalue weighted by molar-refractivity contribution is 5.75. The van der Waals surface area contributed by atoms with Crippen molar-refractivity contribution in [1.29, 1.82) is 0 Å². The summed E-state index contributed by atoms with van der Waals surface area (Å²) >= 11 is 0. The number of pyridine rings is 2. The van der Waals surface area contributed by atoms with Crippen LogP contribution in [0.3, 0.4) is 0 Å². The van der Waals surface area contributed by atoms with Gasteiger partial charge in [0, 0.05) is 55.4 Å². The van der Waals surface area contributed by atoms with Crippen LogP contribution in [0.5, 0.6) is 0 Å². The lowest BCUT2D eigenvalue weighted by Gasteiger charge is -2.29. The lowest BCUT2D eigenvalue weighted by molar-refractivity contribution is 0.463. The Morgan fingerprint density at radius 3 is 2.67 bits per heavy atom. The van der Waals surface area contributed by atoms with E-state index in [-0.39, 0.29) is 5.92 Å². The molecule has 2 aliphatic rings. The Labute approximate surface area is 197 Å². The summed E-state index contributed by atoms with van der Waals surface area (Å²) in [5.74, 6) is 2.49. The fourth-order valence-corrected chi connectivity index (χ4v) is 4.79. The molecule has 1 aliphatic carbocycles. The molecule has 0 saturated carbocycles. The highest BCUT2D eigenvalue weighted by Gasteiger charge is 2.22. The van der Waals surface area contributed by atoms with E-state index in [1.165, 1.54) is 35.4 Å². The zero-order chi connectivity index (χ0) is 23.4. The van der Waals surface area contributed by atoms with Gasteiger partial charge in [-0.1, -0.05) is 38.3 Å². The van der Waals surface area contributed by atoms with Gasteiger partial charge in [-0.3, -0.25) is 0 Å². The molecule has 1 aliphatic heterocycles. The molecule has 5 nitrogen and oxygen atoms in total. The van der Waals surface area contributed by atoms with Gasteiger partial charge in [0.25, 0.3) is 0 Å². The lowest BCUT2D eigenvalue weighted by atomic mass is 9.85. The monoisotopic (exact) mass is 441 g/mol. The third kappa shape index (κ3) is 5.03. The Hall–Kier alpha value is -3.34. The van der Waals surface area contributed by atoms with Crippen molar-refractivity contribution in [1.82, 2.24) is 14.9 Å². The van der Waals surface area contributed by atoms with Crippen molar-refractivity contribution < 1.29 is 0 Å². The summed E-state index contributed by atoms with van der Waals surface area (Å²) in [6.07, 6.45) is 16.3. The molecule has 172 valence electrons. The van der Waals surface area contributed by atoms with E-state index in [0.29, 0.717) is 5.92 Å². The normalized spacial score (nSPS) is 20.2. The Kier molecular flexibility index (Phi) is 6.97. The van der Waals surface area contributed by atoms with Gasteiger partial charge < -0.3 is 15.1 Å². The molecule has 3 heterocycles. The number of rotatable bonds is 7. The Morgan fingerprint density at radius 2 is 1.94 bits per heavy atom. The Balaban J connectivity index is 1.57. The quantitative estimate of drug-likeness (QED) is 0.692. The highest BCUT2D eigenvalue weighted by Crippen LogP contribution is 2.27. The SMILES string of the molecule is C=CN(C)/C(=C\C)C1C=c2cc(NC(=C)c3ccnc(N4CCCCC4)c3)ncc2=CC1C. The van der Waals surface area contributed by atoms with Crippen LogP contribution in [0.25, 0.3) is 17.8 Å². The van der Waals surface area contributed by atoms with Crippen molar-refractivity contribution in [3.05, 3.63) is 77.7 Å². The third-order valence-corrected chi connectivity index (χ3v) is 6.71. The molecule has 0 spiro atoms. The molecule has 0 amide bonds. The minimum atomic E-state index is 0.288. The molecular weight excluding hydrogens is 406 g/mol. The lowest BCUT2D eigenvalue weighted by Crippen LogP contribution is -2.35. The number of allylic oxidation sites excluding steroid dienone is 2. The highest BCUT2D eigenvalue weighted by atomic mass is 15.2. The molecule has 1 N–H and O–H groups in total. The molecule has 1 fully saturated rings. The summed E-state index contributed by atoms with van der Waals surface area (Å²) in [5, 5.41) is 5.77. The first-order valence-corrected chi connectivity index (χ1v) is 11.9. The standard InChI is InChI=1S/C28H35N5/c1-6-26(32(5)7-2)25-16-23-17-27(30-19-24(23)15-20(25)3)31-21(4)22-11-12-29-28(18-22)33-13-9-8-10-14-33/h6-7,11-12,15-20,25,31H,2,4,8-10,13-14H2,1,3,5H3/b26-6-. The van der Waals surface area contributed by atoms with Gasteiger partial charge in [0.2, 0.25) is 0 Å². The molecule has 0 aromatic carbocycles. The predicted molar refractivity (Wildman–Crippen MR) is 140 cm³/mol. The van der Waals surface area contributed by atoms with Crippen molar-refractivity contribution in [2.45, 2.75) is 33.1 Å². The van der Waals surface area contributed by atoms with E-state index in [9.17, 15) is 0 Å². The first-order chi connectivity index (χ1) is 16.0. The maximum absolute atomic E-state index is 4.66. The number of hydrogen-bond donors (Lipinski definition) is 1. The smallest absolute Gasteiger partial charge is 0.130 e. The third-order valence-electron chi connectivity index (χ3n) is 6.71. The maximum atomic E-state index is 4.66. The summed E-state index contributed by atoms with van der Waals surface area (Å²) in [7, 11) is 2.05. The molecule has 2 unspecified atom stereocenters. The first-order valence-electron chi connectivity index (χ1n) is 11.9. The number of aromatic nitrogens is 2. The number of nitrogens with zero attached hydrogens (tertiary/aromatic N) is 4. The van der Waals surface area contributed by atoms with Gasteiger partial charge in [0.15, 0.2) is 0 Å². The van der Waals surface area contributed by atoms with Crippen molar-refractivity contribution in [2.75, 3.05) is 30.4 Å². The van der Waals surface area contributed by atoms with E-state index < -0.39 is 0 Å². The minimum Gasteiger partial charge on any atom is -0.357 e. The Bertz CT molecular complexity index is 1170. The molecule has 4 rings (SSSR count). The molecule has 5 heteroatoms. The van der Waals surface area contributed by atoms with Crippen LogP contribution < -0.4 is 20.7 Å². The minimum absolute atomic E-state index is 0.288. The van der Waals surface area contributed by atoms with Crippen LogP contribution in [-0.2, 0) is 0 Å². The summed E-state index contributed by atoms with van der Waals surface area (Å²) in [6.45, 7) is 14.7. The van der Waals surface area contributed by atoms with Gasteiger partial charge in [0.05, 0.1) is 0 Å². The van der Waals surface area contributed by atoms with Gasteiger partial charge in [0.1, 0.15) is 11.6 Å². The second-order valence-electron chi connectivity index (χ2n) is 8.98. The number of hydrogen-bond acceptors (Lipinski definition) is 5. The van der Waals surface area contributed by atoms with Gasteiger partial charge in [-0.15, -0.1) is 0 Å². The van der Waals surface area contributed by atoms with Crippen molar-refractivity contribution in [2.24, 2.45) is 11.8 Å². The van der Waals surface area contributed by atoms with E-state index in [4.69, 9.17) is 0 Å². The van der Waals surface area contributed by atoms with Crippen LogP contribution in [0.1, 0.15) is 38.7 Å². The molecule has 2 atom stereocenters. The van der Waals surface area contributed by atoms with Gasteiger partial charge in [-0.2, -0.15) is 0 Å². The zero-order valence-electron chi connectivity index (χ0n) is 20.1. The first kappa shape index (κ1) is 22.8. The molecule has 2 aromatic rings. The van der Waals surface area contributed by atoms with E-state index in [1.807, 2.05) is 24.7 Å². The molecule has 2 aromatic heterocycles. The van der Waals surface area contributed by atoms with Crippen molar-refractivity contribution in [3.63, 3.8) is 0 Å². The van der Waals surface area contributed by atoms with Crippen LogP contribution in [0.2, 0.25) is 0 Å². The van der Waals surface area contributed by atoms with Crippen molar-refractivity contribution >= 4 is 29.5 Å². The summed E-state index contributed by atoms with van der Waals surface area (Å²) in [5.41, 5.74) is 3.11. The van der Waals surface area contributed by atoms with E-state index in [2.05, 4.69) is 89.5 Å². The van der Waals surface area contributed by atoms with E-state index in [1.54, 1.807) is 0 Å². The molecule has 1 saturated heterocycles. The fraction of sp³-hybridized carbons (Fsp3) is 0.357. The molecule has 33 heavy (non-hydrogen) atoms. The number of nitrogens with one attached hydrogen (secondary N) is 1.